The Balaban J connectivity index is 1.73. The molecule has 5 nitrogen and oxygen atoms in total. The van der Waals surface area contributed by atoms with Crippen LogP contribution < -0.4 is 15.4 Å². The van der Waals surface area contributed by atoms with Crippen LogP contribution in [0.2, 0.25) is 0 Å². The van der Waals surface area contributed by atoms with Crippen LogP contribution in [0.3, 0.4) is 0 Å². The van der Waals surface area contributed by atoms with Gasteiger partial charge in [0.2, 0.25) is 5.91 Å². The molecule has 4 rings (SSSR count). The number of ether oxygens (including phenoxy) is 1. The highest BCUT2D eigenvalue weighted by Gasteiger charge is 2.34. The first kappa shape index (κ1) is 19.7. The van der Waals surface area contributed by atoms with Crippen molar-refractivity contribution in [2.75, 3.05) is 12.0 Å². The predicted molar refractivity (Wildman–Crippen MR) is 117 cm³/mol. The van der Waals surface area contributed by atoms with Crippen LogP contribution in [-0.2, 0) is 0 Å². The molecule has 5 heteroatoms. The molecule has 0 aliphatic carbocycles. The molecule has 0 spiro atoms. The summed E-state index contributed by atoms with van der Waals surface area (Å²) in [6.07, 6.45) is 0.780. The number of benzene rings is 3. The maximum atomic E-state index is 13.4. The second-order valence-corrected chi connectivity index (χ2v) is 7.59. The van der Waals surface area contributed by atoms with Gasteiger partial charge in [-0.1, -0.05) is 36.4 Å². The molecule has 3 aromatic carbocycles. The summed E-state index contributed by atoms with van der Waals surface area (Å²) in [6, 6.07) is 22.7. The SMILES string of the molecule is COc1cccc(C(=O)N2c3ccccc3C(c3ccc(C(N)=O)cc3)CC2C)c1. The lowest BCUT2D eigenvalue weighted by atomic mass is 9.81. The van der Waals surface area contributed by atoms with Crippen LogP contribution in [0.1, 0.15) is 51.1 Å². The molecular formula is C25H24N2O3. The molecular weight excluding hydrogens is 376 g/mol. The molecule has 1 heterocycles. The fraction of sp³-hybridized carbons (Fsp3) is 0.200. The van der Waals surface area contributed by atoms with Crippen molar-refractivity contribution in [1.82, 2.24) is 0 Å². The molecule has 0 radical (unpaired) electrons. The number of hydrogen-bond donors (Lipinski definition) is 1. The molecule has 1 aliphatic rings. The molecule has 3 aromatic rings. The van der Waals surface area contributed by atoms with Crippen molar-refractivity contribution in [3.63, 3.8) is 0 Å². The highest BCUT2D eigenvalue weighted by atomic mass is 16.5. The summed E-state index contributed by atoms with van der Waals surface area (Å²) < 4.78 is 5.29. The first-order valence-electron chi connectivity index (χ1n) is 9.96. The van der Waals surface area contributed by atoms with Crippen molar-refractivity contribution in [2.45, 2.75) is 25.3 Å². The standard InChI is InChI=1S/C25H24N2O3/c1-16-14-22(17-10-12-18(13-11-17)24(26)28)21-8-3-4-9-23(21)27(16)25(29)19-6-5-7-20(15-19)30-2/h3-13,15-16,22H,14H2,1-2H3,(H2,26,28). The number of carbonyl (C=O) groups excluding carboxylic acids is 2. The number of rotatable bonds is 4. The summed E-state index contributed by atoms with van der Waals surface area (Å²) in [4.78, 5) is 26.7. The van der Waals surface area contributed by atoms with E-state index in [0.29, 0.717) is 16.9 Å². The summed E-state index contributed by atoms with van der Waals surface area (Å²) >= 11 is 0. The van der Waals surface area contributed by atoms with Crippen molar-refractivity contribution >= 4 is 17.5 Å². The van der Waals surface area contributed by atoms with E-state index in [1.54, 1.807) is 25.3 Å². The number of hydrogen-bond acceptors (Lipinski definition) is 3. The Kier molecular flexibility index (Phi) is 5.27. The van der Waals surface area contributed by atoms with E-state index in [1.807, 2.05) is 53.4 Å². The average molecular weight is 400 g/mol. The van der Waals surface area contributed by atoms with Crippen LogP contribution in [0.25, 0.3) is 0 Å². The van der Waals surface area contributed by atoms with E-state index in [9.17, 15) is 9.59 Å². The number of nitrogens with zero attached hydrogens (tertiary/aromatic N) is 1. The van der Waals surface area contributed by atoms with Gasteiger partial charge in [0.1, 0.15) is 5.75 Å². The number of para-hydroxylation sites is 1. The molecule has 152 valence electrons. The summed E-state index contributed by atoms with van der Waals surface area (Å²) in [5.74, 6) is 0.309. The zero-order valence-corrected chi connectivity index (χ0v) is 17.0. The normalized spacial score (nSPS) is 17.9. The van der Waals surface area contributed by atoms with Crippen LogP contribution in [0, 0.1) is 0 Å². The minimum atomic E-state index is -0.436. The summed E-state index contributed by atoms with van der Waals surface area (Å²) in [5.41, 5.74) is 9.58. The van der Waals surface area contributed by atoms with E-state index in [4.69, 9.17) is 10.5 Å². The van der Waals surface area contributed by atoms with Crippen LogP contribution in [0.15, 0.2) is 72.8 Å². The van der Waals surface area contributed by atoms with Gasteiger partial charge in [-0.2, -0.15) is 0 Å². The van der Waals surface area contributed by atoms with E-state index in [0.717, 1.165) is 23.2 Å². The number of amides is 2. The molecule has 30 heavy (non-hydrogen) atoms. The number of primary amides is 1. The second kappa shape index (κ2) is 8.03. The van der Waals surface area contributed by atoms with Gasteiger partial charge < -0.3 is 15.4 Å². The van der Waals surface area contributed by atoms with Crippen LogP contribution in [-0.4, -0.2) is 25.0 Å². The quantitative estimate of drug-likeness (QED) is 0.707. The Morgan fingerprint density at radius 3 is 2.40 bits per heavy atom. The number of methoxy groups -OCH3 is 1. The Hall–Kier alpha value is -3.60. The summed E-state index contributed by atoms with van der Waals surface area (Å²) in [6.45, 7) is 2.07. The van der Waals surface area contributed by atoms with E-state index in [2.05, 4.69) is 13.0 Å². The number of fused-ring (bicyclic) bond motifs is 1. The Morgan fingerprint density at radius 2 is 1.70 bits per heavy atom. The Labute approximate surface area is 176 Å². The van der Waals surface area contributed by atoms with Crippen LogP contribution >= 0.6 is 0 Å². The van der Waals surface area contributed by atoms with Crippen LogP contribution in [0.4, 0.5) is 5.69 Å². The lowest BCUT2D eigenvalue weighted by Gasteiger charge is -2.39. The monoisotopic (exact) mass is 400 g/mol. The highest BCUT2D eigenvalue weighted by molar-refractivity contribution is 6.07. The molecule has 0 saturated heterocycles. The van der Waals surface area contributed by atoms with E-state index in [-0.39, 0.29) is 17.9 Å². The minimum Gasteiger partial charge on any atom is -0.497 e. The maximum absolute atomic E-state index is 13.4. The molecule has 0 fully saturated rings. The van der Waals surface area contributed by atoms with Gasteiger partial charge in [0.05, 0.1) is 7.11 Å². The van der Waals surface area contributed by atoms with E-state index >= 15 is 0 Å². The third kappa shape index (κ3) is 3.54. The van der Waals surface area contributed by atoms with Gasteiger partial charge in [-0.3, -0.25) is 9.59 Å². The third-order valence-corrected chi connectivity index (χ3v) is 5.72. The van der Waals surface area contributed by atoms with Crippen molar-refractivity contribution in [1.29, 1.82) is 0 Å². The molecule has 1 aliphatic heterocycles. The molecule has 0 aromatic heterocycles. The number of anilines is 1. The predicted octanol–water partition coefficient (Wildman–Crippen LogP) is 4.37. The Bertz CT molecular complexity index is 1090. The Morgan fingerprint density at radius 1 is 0.967 bits per heavy atom. The van der Waals surface area contributed by atoms with Gasteiger partial charge in [-0.05, 0) is 60.9 Å². The largest absolute Gasteiger partial charge is 0.497 e. The van der Waals surface area contributed by atoms with E-state index in [1.165, 1.54) is 0 Å². The van der Waals surface area contributed by atoms with Gasteiger partial charge in [-0.15, -0.1) is 0 Å². The molecule has 2 N–H and O–H groups in total. The van der Waals surface area contributed by atoms with Crippen molar-refractivity contribution in [3.8, 4) is 5.75 Å². The second-order valence-electron chi connectivity index (χ2n) is 7.59. The first-order chi connectivity index (χ1) is 14.5. The summed E-state index contributed by atoms with van der Waals surface area (Å²) in [7, 11) is 1.59. The third-order valence-electron chi connectivity index (χ3n) is 5.72. The molecule has 2 amide bonds. The topological polar surface area (TPSA) is 72.6 Å². The molecule has 0 saturated carbocycles. The zero-order chi connectivity index (χ0) is 21.3. The lowest BCUT2D eigenvalue weighted by Crippen LogP contribution is -2.43. The van der Waals surface area contributed by atoms with Crippen molar-refractivity contribution < 1.29 is 14.3 Å². The highest BCUT2D eigenvalue weighted by Crippen LogP contribution is 2.42. The zero-order valence-electron chi connectivity index (χ0n) is 17.0. The number of nitrogens with two attached hydrogens (primary N) is 1. The van der Waals surface area contributed by atoms with Crippen molar-refractivity contribution in [3.05, 3.63) is 95.1 Å². The van der Waals surface area contributed by atoms with Gasteiger partial charge in [0, 0.05) is 28.8 Å². The molecule has 2 atom stereocenters. The summed E-state index contributed by atoms with van der Waals surface area (Å²) in [5, 5.41) is 0. The van der Waals surface area contributed by atoms with Crippen LogP contribution in [0.5, 0.6) is 5.75 Å². The maximum Gasteiger partial charge on any atom is 0.258 e. The van der Waals surface area contributed by atoms with Gasteiger partial charge in [-0.25, -0.2) is 0 Å². The molecule has 2 unspecified atom stereocenters. The first-order valence-corrected chi connectivity index (χ1v) is 9.96. The lowest BCUT2D eigenvalue weighted by molar-refractivity contribution is 0.0971. The van der Waals surface area contributed by atoms with Gasteiger partial charge >= 0.3 is 0 Å². The number of carbonyl (C=O) groups is 2. The fourth-order valence-corrected chi connectivity index (χ4v) is 4.21. The van der Waals surface area contributed by atoms with Gasteiger partial charge in [0.15, 0.2) is 0 Å². The fourth-order valence-electron chi connectivity index (χ4n) is 4.21. The smallest absolute Gasteiger partial charge is 0.258 e. The van der Waals surface area contributed by atoms with Crippen molar-refractivity contribution in [2.24, 2.45) is 5.73 Å². The average Bonchev–Trinajstić information content (AvgIpc) is 2.78. The van der Waals surface area contributed by atoms with Gasteiger partial charge in [0.25, 0.3) is 5.91 Å². The minimum absolute atomic E-state index is 0.000539. The molecule has 0 bridgehead atoms. The van der Waals surface area contributed by atoms with E-state index < -0.39 is 5.91 Å².